The lowest BCUT2D eigenvalue weighted by Gasteiger charge is -2.16. The molecule has 0 aromatic heterocycles. The molecule has 0 radical (unpaired) electrons. The standard InChI is InChI=1S/C16H22N2O2.ClH/c17-11-13-9-10-18(12-13)16(20)8-4-7-15(19)14-5-2-1-3-6-14;/h1-3,5-6,13H,4,7-12,17H2;1H. The molecule has 5 heteroatoms. The summed E-state index contributed by atoms with van der Waals surface area (Å²) in [4.78, 5) is 25.8. The smallest absolute Gasteiger partial charge is 0.222 e. The molecular weight excluding hydrogens is 288 g/mol. The normalized spacial score (nSPS) is 17.4. The zero-order valence-electron chi connectivity index (χ0n) is 12.2. The Balaban J connectivity index is 0.00000220. The van der Waals surface area contributed by atoms with E-state index in [4.69, 9.17) is 5.73 Å². The Hall–Kier alpha value is -1.39. The minimum Gasteiger partial charge on any atom is -0.342 e. The van der Waals surface area contributed by atoms with Crippen molar-refractivity contribution in [2.75, 3.05) is 19.6 Å². The number of amides is 1. The van der Waals surface area contributed by atoms with Crippen molar-refractivity contribution in [3.05, 3.63) is 35.9 Å². The van der Waals surface area contributed by atoms with Gasteiger partial charge in [0.15, 0.2) is 5.78 Å². The Morgan fingerprint density at radius 1 is 1.19 bits per heavy atom. The van der Waals surface area contributed by atoms with Gasteiger partial charge in [0.25, 0.3) is 0 Å². The van der Waals surface area contributed by atoms with Crippen LogP contribution in [0.1, 0.15) is 36.0 Å². The third-order valence-corrected chi connectivity index (χ3v) is 3.86. The van der Waals surface area contributed by atoms with Gasteiger partial charge in [0, 0.05) is 31.5 Å². The number of halogens is 1. The minimum absolute atomic E-state index is 0. The average Bonchev–Trinajstić information content (AvgIpc) is 2.97. The Kier molecular flexibility index (Phi) is 7.40. The fourth-order valence-corrected chi connectivity index (χ4v) is 2.58. The Labute approximate surface area is 132 Å². The fraction of sp³-hybridized carbons (Fsp3) is 0.500. The molecule has 2 N–H and O–H groups in total. The molecule has 1 aliphatic heterocycles. The number of nitrogens with zero attached hydrogens (tertiary/aromatic N) is 1. The molecule has 0 saturated carbocycles. The van der Waals surface area contributed by atoms with Gasteiger partial charge in [-0.1, -0.05) is 30.3 Å². The quantitative estimate of drug-likeness (QED) is 0.820. The molecule has 21 heavy (non-hydrogen) atoms. The molecule has 1 heterocycles. The first-order chi connectivity index (χ1) is 9.70. The van der Waals surface area contributed by atoms with Crippen LogP contribution in [0.15, 0.2) is 30.3 Å². The number of carbonyl (C=O) groups excluding carboxylic acids is 2. The minimum atomic E-state index is 0. The van der Waals surface area contributed by atoms with Crippen molar-refractivity contribution in [2.45, 2.75) is 25.7 Å². The van der Waals surface area contributed by atoms with Crippen molar-refractivity contribution in [3.63, 3.8) is 0 Å². The van der Waals surface area contributed by atoms with Gasteiger partial charge in [-0.25, -0.2) is 0 Å². The van der Waals surface area contributed by atoms with Crippen LogP contribution in [0.4, 0.5) is 0 Å². The summed E-state index contributed by atoms with van der Waals surface area (Å²) in [7, 11) is 0. The maximum atomic E-state index is 12.0. The van der Waals surface area contributed by atoms with Gasteiger partial charge in [0.05, 0.1) is 0 Å². The van der Waals surface area contributed by atoms with Crippen LogP contribution in [0.25, 0.3) is 0 Å². The lowest BCUT2D eigenvalue weighted by Crippen LogP contribution is -2.29. The SMILES string of the molecule is Cl.NCC1CCN(C(=O)CCCC(=O)c2ccccc2)C1. The Bertz CT molecular complexity index is 465. The van der Waals surface area contributed by atoms with Crippen molar-refractivity contribution in [1.29, 1.82) is 0 Å². The molecule has 1 aromatic rings. The number of ketones is 1. The lowest BCUT2D eigenvalue weighted by molar-refractivity contribution is -0.130. The number of likely N-dealkylation sites (tertiary alicyclic amines) is 1. The highest BCUT2D eigenvalue weighted by Crippen LogP contribution is 2.16. The van der Waals surface area contributed by atoms with Gasteiger partial charge >= 0.3 is 0 Å². The fourth-order valence-electron chi connectivity index (χ4n) is 2.58. The van der Waals surface area contributed by atoms with E-state index in [0.717, 1.165) is 25.1 Å². The highest BCUT2D eigenvalue weighted by molar-refractivity contribution is 5.96. The number of hydrogen-bond acceptors (Lipinski definition) is 3. The highest BCUT2D eigenvalue weighted by atomic mass is 35.5. The first kappa shape index (κ1) is 17.7. The topological polar surface area (TPSA) is 63.4 Å². The van der Waals surface area contributed by atoms with E-state index in [9.17, 15) is 9.59 Å². The van der Waals surface area contributed by atoms with Crippen LogP contribution in [0.2, 0.25) is 0 Å². The monoisotopic (exact) mass is 310 g/mol. The van der Waals surface area contributed by atoms with Crippen molar-refractivity contribution < 1.29 is 9.59 Å². The number of benzene rings is 1. The second-order valence-corrected chi connectivity index (χ2v) is 5.37. The predicted molar refractivity (Wildman–Crippen MR) is 85.6 cm³/mol. The maximum absolute atomic E-state index is 12.0. The van der Waals surface area contributed by atoms with Gasteiger partial charge in [0.1, 0.15) is 0 Å². The van der Waals surface area contributed by atoms with Crippen molar-refractivity contribution in [3.8, 4) is 0 Å². The van der Waals surface area contributed by atoms with Gasteiger partial charge in [-0.3, -0.25) is 9.59 Å². The van der Waals surface area contributed by atoms with Crippen LogP contribution >= 0.6 is 12.4 Å². The van der Waals surface area contributed by atoms with Crippen LogP contribution in [0, 0.1) is 5.92 Å². The largest absolute Gasteiger partial charge is 0.342 e. The molecule has 0 aliphatic carbocycles. The van der Waals surface area contributed by atoms with Crippen LogP contribution < -0.4 is 5.73 Å². The van der Waals surface area contributed by atoms with Crippen molar-refractivity contribution in [2.24, 2.45) is 11.7 Å². The molecule has 1 aromatic carbocycles. The molecule has 1 atom stereocenters. The number of Topliss-reactive ketones (excluding diaryl/α,β-unsaturated/α-hetero) is 1. The first-order valence-corrected chi connectivity index (χ1v) is 7.27. The molecule has 1 aliphatic rings. The van der Waals surface area contributed by atoms with E-state index >= 15 is 0 Å². The third-order valence-electron chi connectivity index (χ3n) is 3.86. The summed E-state index contributed by atoms with van der Waals surface area (Å²) in [6, 6.07) is 9.24. The summed E-state index contributed by atoms with van der Waals surface area (Å²) in [5, 5.41) is 0. The summed E-state index contributed by atoms with van der Waals surface area (Å²) >= 11 is 0. The molecule has 1 fully saturated rings. The molecule has 0 bridgehead atoms. The van der Waals surface area contributed by atoms with Crippen molar-refractivity contribution >= 4 is 24.1 Å². The zero-order valence-corrected chi connectivity index (χ0v) is 13.0. The van der Waals surface area contributed by atoms with E-state index in [2.05, 4.69) is 0 Å². The van der Waals surface area contributed by atoms with Gasteiger partial charge in [-0.15, -0.1) is 12.4 Å². The molecule has 1 unspecified atom stereocenters. The first-order valence-electron chi connectivity index (χ1n) is 7.27. The summed E-state index contributed by atoms with van der Waals surface area (Å²) in [6.45, 7) is 2.24. The van der Waals surface area contributed by atoms with Gasteiger partial charge in [-0.2, -0.15) is 0 Å². The molecule has 0 spiro atoms. The van der Waals surface area contributed by atoms with Gasteiger partial charge in [-0.05, 0) is 25.3 Å². The zero-order chi connectivity index (χ0) is 14.4. The van der Waals surface area contributed by atoms with E-state index in [-0.39, 0.29) is 24.1 Å². The second-order valence-electron chi connectivity index (χ2n) is 5.37. The number of rotatable bonds is 6. The molecule has 116 valence electrons. The summed E-state index contributed by atoms with van der Waals surface area (Å²) in [5.74, 6) is 0.714. The summed E-state index contributed by atoms with van der Waals surface area (Å²) in [5.41, 5.74) is 6.34. The molecule has 2 rings (SSSR count). The van der Waals surface area contributed by atoms with E-state index in [0.29, 0.717) is 31.7 Å². The van der Waals surface area contributed by atoms with Gasteiger partial charge in [0.2, 0.25) is 5.91 Å². The van der Waals surface area contributed by atoms with Crippen LogP contribution in [-0.4, -0.2) is 36.2 Å². The Morgan fingerprint density at radius 3 is 2.52 bits per heavy atom. The van der Waals surface area contributed by atoms with Crippen LogP contribution in [0.5, 0.6) is 0 Å². The van der Waals surface area contributed by atoms with Crippen LogP contribution in [-0.2, 0) is 4.79 Å². The third kappa shape index (κ3) is 5.14. The number of hydrogen-bond donors (Lipinski definition) is 1. The molecule has 1 saturated heterocycles. The predicted octanol–water partition coefficient (Wildman–Crippen LogP) is 2.27. The van der Waals surface area contributed by atoms with Crippen LogP contribution in [0.3, 0.4) is 0 Å². The number of carbonyl (C=O) groups is 2. The highest BCUT2D eigenvalue weighted by Gasteiger charge is 2.24. The summed E-state index contributed by atoms with van der Waals surface area (Å²) < 4.78 is 0. The molecular formula is C16H23ClN2O2. The summed E-state index contributed by atoms with van der Waals surface area (Å²) in [6.07, 6.45) is 2.52. The number of nitrogens with two attached hydrogens (primary N) is 1. The van der Waals surface area contributed by atoms with Crippen molar-refractivity contribution in [1.82, 2.24) is 4.90 Å². The average molecular weight is 311 g/mol. The van der Waals surface area contributed by atoms with E-state index in [1.54, 1.807) is 0 Å². The molecule has 4 nitrogen and oxygen atoms in total. The van der Waals surface area contributed by atoms with E-state index in [1.807, 2.05) is 35.2 Å². The van der Waals surface area contributed by atoms with E-state index < -0.39 is 0 Å². The van der Waals surface area contributed by atoms with Gasteiger partial charge < -0.3 is 10.6 Å². The van der Waals surface area contributed by atoms with E-state index in [1.165, 1.54) is 0 Å². The lowest BCUT2D eigenvalue weighted by atomic mass is 10.1. The second kappa shape index (κ2) is 8.80. The maximum Gasteiger partial charge on any atom is 0.222 e. The Morgan fingerprint density at radius 2 is 1.90 bits per heavy atom. The molecule has 1 amide bonds.